The SMILES string of the molecule is CCN(C(=O)c1ccc(N=C(N)c2c(C)ncn2C)cn1)C1COc2cc(C(F)(F)F)ccc21. The van der Waals surface area contributed by atoms with Crippen molar-refractivity contribution in [3.63, 3.8) is 0 Å². The number of carbonyl (C=O) groups is 1. The molecule has 1 amide bonds. The summed E-state index contributed by atoms with van der Waals surface area (Å²) in [5, 5.41) is 0. The summed E-state index contributed by atoms with van der Waals surface area (Å²) in [6, 6.07) is 5.97. The smallest absolute Gasteiger partial charge is 0.416 e. The van der Waals surface area contributed by atoms with Crippen LogP contribution in [0.15, 0.2) is 47.8 Å². The minimum atomic E-state index is -4.47. The Kier molecular flexibility index (Phi) is 6.03. The Bertz CT molecular complexity index is 1230. The van der Waals surface area contributed by atoms with Gasteiger partial charge in [-0.15, -0.1) is 0 Å². The molecule has 0 radical (unpaired) electrons. The average molecular weight is 472 g/mol. The number of carbonyl (C=O) groups excluding carboxylic acids is 1. The number of likely N-dealkylation sites (N-methyl/N-ethyl adjacent to an activating group) is 1. The highest BCUT2D eigenvalue weighted by Gasteiger charge is 2.36. The Morgan fingerprint density at radius 3 is 2.65 bits per heavy atom. The number of benzene rings is 1. The molecule has 1 aromatic carbocycles. The van der Waals surface area contributed by atoms with Crippen LogP contribution in [0.1, 0.15) is 46.0 Å². The lowest BCUT2D eigenvalue weighted by molar-refractivity contribution is -0.137. The van der Waals surface area contributed by atoms with Gasteiger partial charge in [-0.1, -0.05) is 6.07 Å². The van der Waals surface area contributed by atoms with Crippen molar-refractivity contribution in [1.82, 2.24) is 19.4 Å². The molecule has 178 valence electrons. The van der Waals surface area contributed by atoms with E-state index in [0.717, 1.165) is 17.8 Å². The molecular formula is C23H23F3N6O2. The van der Waals surface area contributed by atoms with E-state index in [-0.39, 0.29) is 29.8 Å². The van der Waals surface area contributed by atoms with Crippen LogP contribution in [0.4, 0.5) is 18.9 Å². The first-order chi connectivity index (χ1) is 16.1. The number of ether oxygens (including phenoxy) is 1. The van der Waals surface area contributed by atoms with Gasteiger partial charge in [-0.2, -0.15) is 13.2 Å². The van der Waals surface area contributed by atoms with Crippen molar-refractivity contribution in [1.29, 1.82) is 0 Å². The van der Waals surface area contributed by atoms with Crippen LogP contribution in [-0.2, 0) is 13.2 Å². The minimum Gasteiger partial charge on any atom is -0.491 e. The summed E-state index contributed by atoms with van der Waals surface area (Å²) >= 11 is 0. The molecule has 0 bridgehead atoms. The normalized spacial score (nSPS) is 15.7. The molecule has 1 unspecified atom stereocenters. The van der Waals surface area contributed by atoms with E-state index in [4.69, 9.17) is 10.5 Å². The van der Waals surface area contributed by atoms with Crippen LogP contribution < -0.4 is 10.5 Å². The quantitative estimate of drug-likeness (QED) is 0.450. The fraction of sp³-hybridized carbons (Fsp3) is 0.304. The Morgan fingerprint density at radius 2 is 2.06 bits per heavy atom. The standard InChI is InChI=1S/C23H23F3N6O2/c1-4-32(18-11-34-19-9-14(23(24,25)26)5-7-16(18)19)22(33)17-8-6-15(10-28-17)30-21(27)20-13(2)29-12-31(20)3/h5-10,12,18H,4,11H2,1-3H3,(H2,27,30). The zero-order valence-corrected chi connectivity index (χ0v) is 18.8. The number of aryl methyl sites for hydroxylation is 2. The molecule has 2 aromatic heterocycles. The second kappa shape index (κ2) is 8.81. The van der Waals surface area contributed by atoms with Crippen LogP contribution in [0.25, 0.3) is 0 Å². The van der Waals surface area contributed by atoms with E-state index >= 15 is 0 Å². The Hall–Kier alpha value is -3.89. The predicted octanol–water partition coefficient (Wildman–Crippen LogP) is 3.78. The summed E-state index contributed by atoms with van der Waals surface area (Å²) in [5.41, 5.74) is 7.91. The highest BCUT2D eigenvalue weighted by atomic mass is 19.4. The highest BCUT2D eigenvalue weighted by Crippen LogP contribution is 2.40. The van der Waals surface area contributed by atoms with Crippen molar-refractivity contribution in [3.8, 4) is 5.75 Å². The van der Waals surface area contributed by atoms with Crippen LogP contribution in [0.2, 0.25) is 0 Å². The van der Waals surface area contributed by atoms with Gasteiger partial charge in [-0.25, -0.2) is 15.0 Å². The maximum Gasteiger partial charge on any atom is 0.416 e. The van der Waals surface area contributed by atoms with Gasteiger partial charge >= 0.3 is 6.18 Å². The number of pyridine rings is 1. The molecule has 1 atom stereocenters. The van der Waals surface area contributed by atoms with Gasteiger partial charge in [0.25, 0.3) is 5.91 Å². The molecule has 0 fully saturated rings. The summed E-state index contributed by atoms with van der Waals surface area (Å²) in [6.07, 6.45) is -1.39. The summed E-state index contributed by atoms with van der Waals surface area (Å²) in [7, 11) is 1.81. The molecule has 8 nitrogen and oxygen atoms in total. The Labute approximate surface area is 193 Å². The number of halogens is 3. The lowest BCUT2D eigenvalue weighted by Gasteiger charge is -2.26. The number of aliphatic imine (C=N–C) groups is 1. The molecule has 3 aromatic rings. The molecular weight excluding hydrogens is 449 g/mol. The molecule has 0 saturated carbocycles. The monoisotopic (exact) mass is 472 g/mol. The topological polar surface area (TPSA) is 98.6 Å². The average Bonchev–Trinajstić information content (AvgIpc) is 3.36. The van der Waals surface area contributed by atoms with Gasteiger partial charge in [0.1, 0.15) is 29.6 Å². The lowest BCUT2D eigenvalue weighted by atomic mass is 10.0. The predicted molar refractivity (Wildman–Crippen MR) is 119 cm³/mol. The molecule has 2 N–H and O–H groups in total. The summed E-state index contributed by atoms with van der Waals surface area (Å²) in [6.45, 7) is 4.00. The van der Waals surface area contributed by atoms with Crippen LogP contribution in [-0.4, -0.2) is 44.3 Å². The molecule has 0 spiro atoms. The van der Waals surface area contributed by atoms with Gasteiger partial charge < -0.3 is 19.9 Å². The molecule has 1 aliphatic rings. The first kappa shape index (κ1) is 23.3. The number of rotatable bonds is 5. The number of aromatic nitrogens is 3. The maximum atomic E-state index is 13.2. The molecule has 11 heteroatoms. The summed E-state index contributed by atoms with van der Waals surface area (Å²) in [5.74, 6) is 0.0333. The van der Waals surface area contributed by atoms with E-state index in [1.54, 1.807) is 23.9 Å². The van der Waals surface area contributed by atoms with Crippen LogP contribution in [0, 0.1) is 6.92 Å². The maximum absolute atomic E-state index is 13.2. The molecule has 0 aliphatic carbocycles. The van der Waals surface area contributed by atoms with Gasteiger partial charge in [0, 0.05) is 19.2 Å². The Balaban J connectivity index is 1.54. The van der Waals surface area contributed by atoms with Crippen molar-refractivity contribution in [2.24, 2.45) is 17.8 Å². The van der Waals surface area contributed by atoms with Crippen LogP contribution in [0.5, 0.6) is 5.75 Å². The third kappa shape index (κ3) is 4.33. The number of amides is 1. The number of amidine groups is 1. The van der Waals surface area contributed by atoms with E-state index in [0.29, 0.717) is 23.5 Å². The molecule has 3 heterocycles. The number of nitrogens with two attached hydrogens (primary N) is 1. The number of hydrogen-bond acceptors (Lipinski definition) is 5. The van der Waals surface area contributed by atoms with Crippen molar-refractivity contribution < 1.29 is 22.7 Å². The fourth-order valence-corrected chi connectivity index (χ4v) is 3.96. The lowest BCUT2D eigenvalue weighted by Crippen LogP contribution is -2.36. The van der Waals surface area contributed by atoms with E-state index in [2.05, 4.69) is 15.0 Å². The third-order valence-corrected chi connectivity index (χ3v) is 5.65. The van der Waals surface area contributed by atoms with Gasteiger partial charge in [0.05, 0.1) is 35.5 Å². The zero-order valence-electron chi connectivity index (χ0n) is 18.8. The Morgan fingerprint density at radius 1 is 1.29 bits per heavy atom. The van der Waals surface area contributed by atoms with Crippen LogP contribution >= 0.6 is 0 Å². The number of imidazole rings is 1. The molecule has 34 heavy (non-hydrogen) atoms. The van der Waals surface area contributed by atoms with Crippen molar-refractivity contribution >= 4 is 17.4 Å². The van der Waals surface area contributed by atoms with E-state index in [9.17, 15) is 18.0 Å². The first-order valence-electron chi connectivity index (χ1n) is 10.5. The number of alkyl halides is 3. The fourth-order valence-electron chi connectivity index (χ4n) is 3.96. The summed E-state index contributed by atoms with van der Waals surface area (Å²) in [4.78, 5) is 27.5. The number of hydrogen-bond donors (Lipinski definition) is 1. The number of fused-ring (bicyclic) bond motifs is 1. The molecule has 4 rings (SSSR count). The van der Waals surface area contributed by atoms with Gasteiger partial charge in [-0.05, 0) is 38.1 Å². The van der Waals surface area contributed by atoms with Gasteiger partial charge in [-0.3, -0.25) is 4.79 Å². The van der Waals surface area contributed by atoms with Crippen molar-refractivity contribution in [3.05, 3.63) is 71.1 Å². The van der Waals surface area contributed by atoms with E-state index < -0.39 is 17.8 Å². The summed E-state index contributed by atoms with van der Waals surface area (Å²) < 4.78 is 46.3. The first-order valence-corrected chi connectivity index (χ1v) is 10.5. The van der Waals surface area contributed by atoms with Crippen molar-refractivity contribution in [2.75, 3.05) is 13.2 Å². The van der Waals surface area contributed by atoms with Gasteiger partial charge in [0.2, 0.25) is 0 Å². The van der Waals surface area contributed by atoms with Crippen molar-refractivity contribution in [2.45, 2.75) is 26.1 Å². The second-order valence-corrected chi connectivity index (χ2v) is 7.86. The highest BCUT2D eigenvalue weighted by molar-refractivity contribution is 5.98. The third-order valence-electron chi connectivity index (χ3n) is 5.65. The minimum absolute atomic E-state index is 0.0686. The second-order valence-electron chi connectivity index (χ2n) is 7.86. The van der Waals surface area contributed by atoms with E-state index in [1.807, 2.05) is 14.0 Å². The largest absolute Gasteiger partial charge is 0.491 e. The molecule has 0 saturated heterocycles. The van der Waals surface area contributed by atoms with Crippen LogP contribution in [0.3, 0.4) is 0 Å². The zero-order chi connectivity index (χ0) is 24.6. The van der Waals surface area contributed by atoms with E-state index in [1.165, 1.54) is 23.2 Å². The van der Waals surface area contributed by atoms with Gasteiger partial charge in [0.15, 0.2) is 0 Å². The molecule has 1 aliphatic heterocycles. The number of nitrogens with zero attached hydrogens (tertiary/aromatic N) is 5.